The number of aliphatic hydroxyl groups is 1. The number of aromatic nitrogens is 1. The van der Waals surface area contributed by atoms with Crippen molar-refractivity contribution in [2.75, 3.05) is 24.5 Å². The van der Waals surface area contributed by atoms with Gasteiger partial charge < -0.3 is 10.0 Å². The average molecular weight is 291 g/mol. The topological polar surface area (TPSA) is 39.6 Å². The minimum Gasteiger partial charge on any atom is -0.386 e. The van der Waals surface area contributed by atoms with Crippen LogP contribution in [-0.4, -0.2) is 46.2 Å². The van der Waals surface area contributed by atoms with Crippen molar-refractivity contribution in [3.05, 3.63) is 23.9 Å². The number of anilines is 1. The summed E-state index contributed by atoms with van der Waals surface area (Å²) in [6, 6.07) is 4.44. The number of nitrogens with zero attached hydrogens (tertiary/aromatic N) is 3. The molecule has 1 aliphatic rings. The maximum atomic E-state index is 10.0. The molecule has 0 bridgehead atoms. The van der Waals surface area contributed by atoms with E-state index in [-0.39, 0.29) is 5.54 Å². The third-order valence-electron chi connectivity index (χ3n) is 4.32. The Kier molecular flexibility index (Phi) is 4.31. The minimum absolute atomic E-state index is 0.221. The first-order valence-corrected chi connectivity index (χ1v) is 7.79. The highest BCUT2D eigenvalue weighted by Gasteiger charge is 2.30. The van der Waals surface area contributed by atoms with Crippen LogP contribution in [0.2, 0.25) is 0 Å². The van der Waals surface area contributed by atoms with E-state index in [0.717, 1.165) is 31.0 Å². The summed E-state index contributed by atoms with van der Waals surface area (Å²) in [6.45, 7) is 15.7. The third kappa shape index (κ3) is 3.74. The Morgan fingerprint density at radius 1 is 1.14 bits per heavy atom. The van der Waals surface area contributed by atoms with Gasteiger partial charge in [-0.2, -0.15) is 0 Å². The van der Waals surface area contributed by atoms with Crippen LogP contribution < -0.4 is 4.90 Å². The molecule has 4 heteroatoms. The summed E-state index contributed by atoms with van der Waals surface area (Å²) in [5.74, 6) is 1.00. The lowest BCUT2D eigenvalue weighted by atomic mass is 10.0. The molecule has 0 aliphatic carbocycles. The van der Waals surface area contributed by atoms with Gasteiger partial charge in [-0.25, -0.2) is 4.98 Å². The lowest BCUT2D eigenvalue weighted by Gasteiger charge is -2.46. The van der Waals surface area contributed by atoms with Crippen molar-refractivity contribution in [3.63, 3.8) is 0 Å². The maximum Gasteiger partial charge on any atom is 0.128 e. The second kappa shape index (κ2) is 5.58. The second-order valence-electron chi connectivity index (χ2n) is 7.62. The maximum absolute atomic E-state index is 10.0. The monoisotopic (exact) mass is 291 g/mol. The van der Waals surface area contributed by atoms with Crippen LogP contribution in [0.15, 0.2) is 18.3 Å². The number of hydrogen-bond donors (Lipinski definition) is 1. The van der Waals surface area contributed by atoms with Gasteiger partial charge in [-0.3, -0.25) is 4.90 Å². The Hall–Kier alpha value is -1.13. The van der Waals surface area contributed by atoms with E-state index >= 15 is 0 Å². The van der Waals surface area contributed by atoms with E-state index in [4.69, 9.17) is 0 Å². The summed E-state index contributed by atoms with van der Waals surface area (Å²) in [5.41, 5.74) is 0.243. The quantitative estimate of drug-likeness (QED) is 0.909. The van der Waals surface area contributed by atoms with Crippen molar-refractivity contribution in [2.24, 2.45) is 0 Å². The highest BCUT2D eigenvalue weighted by atomic mass is 16.3. The van der Waals surface area contributed by atoms with Gasteiger partial charge >= 0.3 is 0 Å². The van der Waals surface area contributed by atoms with Gasteiger partial charge in [0, 0.05) is 43.0 Å². The Morgan fingerprint density at radius 3 is 2.24 bits per heavy atom. The van der Waals surface area contributed by atoms with Crippen molar-refractivity contribution >= 4 is 5.82 Å². The third-order valence-corrected chi connectivity index (χ3v) is 4.32. The lowest BCUT2D eigenvalue weighted by molar-refractivity contribution is 0.0782. The van der Waals surface area contributed by atoms with Gasteiger partial charge in [0.25, 0.3) is 0 Å². The molecule has 1 saturated heterocycles. The molecular formula is C17H29N3O. The van der Waals surface area contributed by atoms with E-state index in [1.807, 2.05) is 12.1 Å². The molecule has 0 spiro atoms. The fourth-order valence-corrected chi connectivity index (χ4v) is 2.83. The zero-order chi connectivity index (χ0) is 15.8. The summed E-state index contributed by atoms with van der Waals surface area (Å²) >= 11 is 0. The highest BCUT2D eigenvalue weighted by Crippen LogP contribution is 2.25. The molecule has 1 N–H and O–H groups in total. The first kappa shape index (κ1) is 16.2. The molecule has 1 aromatic heterocycles. The number of piperazine rings is 1. The lowest BCUT2D eigenvalue weighted by Crippen LogP contribution is -2.57. The standard InChI is InChI=1S/C17H29N3O/c1-13-12-19(16(2,3)4)9-10-20(13)15-8-7-14(11-18-15)17(5,6)21/h7-8,11,13,21H,9-10,12H2,1-6H3. The van der Waals surface area contributed by atoms with Crippen molar-refractivity contribution in [3.8, 4) is 0 Å². The predicted octanol–water partition coefficient (Wildman–Crippen LogP) is 2.62. The zero-order valence-corrected chi connectivity index (χ0v) is 14.2. The Balaban J connectivity index is 2.10. The van der Waals surface area contributed by atoms with Gasteiger partial charge in [0.15, 0.2) is 0 Å². The summed E-state index contributed by atoms with van der Waals surface area (Å²) < 4.78 is 0. The van der Waals surface area contributed by atoms with Gasteiger partial charge in [0.05, 0.1) is 5.60 Å². The van der Waals surface area contributed by atoms with Crippen molar-refractivity contribution in [1.82, 2.24) is 9.88 Å². The average Bonchev–Trinajstić information content (AvgIpc) is 2.36. The second-order valence-corrected chi connectivity index (χ2v) is 7.62. The van der Waals surface area contributed by atoms with E-state index in [1.165, 1.54) is 0 Å². The van der Waals surface area contributed by atoms with E-state index in [1.54, 1.807) is 20.0 Å². The van der Waals surface area contributed by atoms with E-state index in [2.05, 4.69) is 42.5 Å². The van der Waals surface area contributed by atoms with Crippen LogP contribution >= 0.6 is 0 Å². The van der Waals surface area contributed by atoms with Gasteiger partial charge in [-0.1, -0.05) is 6.07 Å². The minimum atomic E-state index is -0.831. The fourth-order valence-electron chi connectivity index (χ4n) is 2.83. The van der Waals surface area contributed by atoms with Crippen LogP contribution in [0.25, 0.3) is 0 Å². The largest absolute Gasteiger partial charge is 0.386 e. The SMILES string of the molecule is CC1CN(C(C)(C)C)CCN1c1ccc(C(C)(C)O)cn1. The Labute approximate surface area is 128 Å². The van der Waals surface area contributed by atoms with Crippen LogP contribution in [0.3, 0.4) is 0 Å². The zero-order valence-electron chi connectivity index (χ0n) is 14.2. The molecule has 1 fully saturated rings. The molecular weight excluding hydrogens is 262 g/mol. The number of hydrogen-bond acceptors (Lipinski definition) is 4. The van der Waals surface area contributed by atoms with Crippen LogP contribution in [-0.2, 0) is 5.60 Å². The molecule has 0 radical (unpaired) electrons. The highest BCUT2D eigenvalue weighted by molar-refractivity contribution is 5.42. The molecule has 2 heterocycles. The number of rotatable bonds is 2. The van der Waals surface area contributed by atoms with Gasteiger partial charge in [0.2, 0.25) is 0 Å². The van der Waals surface area contributed by atoms with Crippen molar-refractivity contribution < 1.29 is 5.11 Å². The van der Waals surface area contributed by atoms with Crippen LogP contribution in [0.5, 0.6) is 0 Å². The van der Waals surface area contributed by atoms with Gasteiger partial charge in [0.1, 0.15) is 5.82 Å². The van der Waals surface area contributed by atoms with Gasteiger partial charge in [-0.05, 0) is 47.6 Å². The molecule has 1 unspecified atom stereocenters. The molecule has 1 aromatic rings. The Morgan fingerprint density at radius 2 is 1.81 bits per heavy atom. The molecule has 1 atom stereocenters. The fraction of sp³-hybridized carbons (Fsp3) is 0.706. The molecule has 118 valence electrons. The molecule has 21 heavy (non-hydrogen) atoms. The predicted molar refractivity (Wildman–Crippen MR) is 87.6 cm³/mol. The molecule has 2 rings (SSSR count). The summed E-state index contributed by atoms with van der Waals surface area (Å²) in [4.78, 5) is 9.44. The van der Waals surface area contributed by atoms with Gasteiger partial charge in [-0.15, -0.1) is 0 Å². The van der Waals surface area contributed by atoms with Crippen LogP contribution in [0.1, 0.15) is 47.1 Å². The first-order chi connectivity index (χ1) is 9.59. The van der Waals surface area contributed by atoms with E-state index in [9.17, 15) is 5.11 Å². The summed E-state index contributed by atoms with van der Waals surface area (Å²) in [5, 5.41) is 10.0. The summed E-state index contributed by atoms with van der Waals surface area (Å²) in [6.07, 6.45) is 1.79. The van der Waals surface area contributed by atoms with Crippen molar-refractivity contribution in [1.29, 1.82) is 0 Å². The summed E-state index contributed by atoms with van der Waals surface area (Å²) in [7, 11) is 0. The molecule has 1 aliphatic heterocycles. The van der Waals surface area contributed by atoms with Crippen LogP contribution in [0.4, 0.5) is 5.82 Å². The number of pyridine rings is 1. The van der Waals surface area contributed by atoms with Crippen molar-refractivity contribution in [2.45, 2.75) is 58.7 Å². The van der Waals surface area contributed by atoms with E-state index < -0.39 is 5.60 Å². The Bertz CT molecular complexity index is 470. The van der Waals surface area contributed by atoms with Crippen LogP contribution in [0, 0.1) is 0 Å². The normalized spacial score (nSPS) is 21.7. The smallest absolute Gasteiger partial charge is 0.128 e. The molecule has 0 saturated carbocycles. The molecule has 0 amide bonds. The molecule has 4 nitrogen and oxygen atoms in total. The molecule has 0 aromatic carbocycles. The van der Waals surface area contributed by atoms with E-state index in [0.29, 0.717) is 6.04 Å². The first-order valence-electron chi connectivity index (χ1n) is 7.79.